The lowest BCUT2D eigenvalue weighted by Crippen LogP contribution is -2.35. The molecule has 0 aromatic heterocycles. The van der Waals surface area contributed by atoms with Gasteiger partial charge in [0, 0.05) is 18.7 Å². The van der Waals surface area contributed by atoms with Crippen molar-refractivity contribution < 1.29 is 9.18 Å². The van der Waals surface area contributed by atoms with Crippen LogP contribution in [0.4, 0.5) is 4.39 Å². The molecule has 1 N–H and O–H groups in total. The zero-order valence-corrected chi connectivity index (χ0v) is 10.4. The zero-order chi connectivity index (χ0) is 12.7. The first-order valence-electron chi connectivity index (χ1n) is 5.82. The second-order valence-corrected chi connectivity index (χ2v) is 4.11. The number of hydrogen-bond acceptors (Lipinski definition) is 2. The van der Waals surface area contributed by atoms with E-state index < -0.39 is 0 Å². The first-order valence-corrected chi connectivity index (χ1v) is 5.82. The lowest BCUT2D eigenvalue weighted by atomic mass is 10.2. The average molecular weight is 238 g/mol. The van der Waals surface area contributed by atoms with E-state index in [1.165, 1.54) is 6.07 Å². The Morgan fingerprint density at radius 1 is 1.41 bits per heavy atom. The molecule has 0 aliphatic rings. The van der Waals surface area contributed by atoms with Gasteiger partial charge in [0.1, 0.15) is 5.82 Å². The molecule has 0 saturated heterocycles. The standard InChI is InChI=1S/C13H19FN2O/c1-3-8-15-13(17)10-16(2)9-11-6-4-5-7-12(11)14/h4-7H,3,8-10H2,1-2H3,(H,15,17). The topological polar surface area (TPSA) is 32.3 Å². The van der Waals surface area contributed by atoms with Gasteiger partial charge in [-0.1, -0.05) is 25.1 Å². The number of amides is 1. The largest absolute Gasteiger partial charge is 0.355 e. The third kappa shape index (κ3) is 4.95. The molecule has 1 rings (SSSR count). The van der Waals surface area contributed by atoms with Crippen LogP contribution in [0.5, 0.6) is 0 Å². The Morgan fingerprint density at radius 3 is 2.76 bits per heavy atom. The normalized spacial score (nSPS) is 10.6. The Bertz CT molecular complexity index is 368. The minimum atomic E-state index is -0.228. The summed E-state index contributed by atoms with van der Waals surface area (Å²) in [5.74, 6) is -0.251. The van der Waals surface area contributed by atoms with Crippen molar-refractivity contribution in [2.75, 3.05) is 20.1 Å². The molecule has 0 unspecified atom stereocenters. The zero-order valence-electron chi connectivity index (χ0n) is 10.4. The molecule has 0 aliphatic heterocycles. The van der Waals surface area contributed by atoms with Crippen molar-refractivity contribution >= 4 is 5.91 Å². The van der Waals surface area contributed by atoms with Crippen LogP contribution < -0.4 is 5.32 Å². The van der Waals surface area contributed by atoms with Gasteiger partial charge in [0.25, 0.3) is 0 Å². The highest BCUT2D eigenvalue weighted by Gasteiger charge is 2.08. The van der Waals surface area contributed by atoms with Crippen LogP contribution in [0.1, 0.15) is 18.9 Å². The Labute approximate surface area is 102 Å². The molecular formula is C13H19FN2O. The summed E-state index contributed by atoms with van der Waals surface area (Å²) in [4.78, 5) is 13.2. The molecule has 0 bridgehead atoms. The van der Waals surface area contributed by atoms with Crippen LogP contribution in [0.2, 0.25) is 0 Å². The highest BCUT2D eigenvalue weighted by molar-refractivity contribution is 5.77. The molecule has 0 aliphatic carbocycles. The summed E-state index contributed by atoms with van der Waals surface area (Å²) in [5.41, 5.74) is 0.610. The molecule has 4 heteroatoms. The van der Waals surface area contributed by atoms with E-state index in [1.54, 1.807) is 30.1 Å². The van der Waals surface area contributed by atoms with Crippen molar-refractivity contribution in [3.8, 4) is 0 Å². The first-order chi connectivity index (χ1) is 8.13. The molecule has 94 valence electrons. The van der Waals surface area contributed by atoms with E-state index in [-0.39, 0.29) is 18.3 Å². The summed E-state index contributed by atoms with van der Waals surface area (Å²) in [5, 5.41) is 2.79. The van der Waals surface area contributed by atoms with Gasteiger partial charge < -0.3 is 5.32 Å². The quantitative estimate of drug-likeness (QED) is 0.819. The number of carbonyl (C=O) groups excluding carboxylic acids is 1. The van der Waals surface area contributed by atoms with E-state index in [1.807, 2.05) is 6.92 Å². The van der Waals surface area contributed by atoms with E-state index in [9.17, 15) is 9.18 Å². The monoisotopic (exact) mass is 238 g/mol. The predicted octanol–water partition coefficient (Wildman–Crippen LogP) is 1.78. The number of nitrogens with zero attached hydrogens (tertiary/aromatic N) is 1. The van der Waals surface area contributed by atoms with Crippen molar-refractivity contribution in [3.63, 3.8) is 0 Å². The van der Waals surface area contributed by atoms with Crippen molar-refractivity contribution in [2.24, 2.45) is 0 Å². The summed E-state index contributed by atoms with van der Waals surface area (Å²) < 4.78 is 13.4. The van der Waals surface area contributed by atoms with Crippen LogP contribution in [-0.4, -0.2) is 30.9 Å². The summed E-state index contributed by atoms with van der Waals surface area (Å²) in [6, 6.07) is 6.62. The second kappa shape index (κ2) is 7.01. The highest BCUT2D eigenvalue weighted by Crippen LogP contribution is 2.08. The second-order valence-electron chi connectivity index (χ2n) is 4.11. The lowest BCUT2D eigenvalue weighted by Gasteiger charge is -2.16. The summed E-state index contributed by atoms with van der Waals surface area (Å²) in [6.45, 7) is 3.41. The lowest BCUT2D eigenvalue weighted by molar-refractivity contribution is -0.122. The minimum Gasteiger partial charge on any atom is -0.355 e. The van der Waals surface area contributed by atoms with E-state index in [4.69, 9.17) is 0 Å². The van der Waals surface area contributed by atoms with Crippen molar-refractivity contribution in [1.29, 1.82) is 0 Å². The van der Waals surface area contributed by atoms with Gasteiger partial charge in [-0.2, -0.15) is 0 Å². The number of likely N-dealkylation sites (N-methyl/N-ethyl adjacent to an activating group) is 1. The van der Waals surface area contributed by atoms with Gasteiger partial charge in [-0.15, -0.1) is 0 Å². The van der Waals surface area contributed by atoms with Gasteiger partial charge in [0.15, 0.2) is 0 Å². The van der Waals surface area contributed by atoms with E-state index in [0.29, 0.717) is 18.7 Å². The molecule has 1 aromatic carbocycles. The predicted molar refractivity (Wildman–Crippen MR) is 66.0 cm³/mol. The Kier molecular flexibility index (Phi) is 5.63. The summed E-state index contributed by atoms with van der Waals surface area (Å²) in [7, 11) is 1.80. The fourth-order valence-electron chi connectivity index (χ4n) is 1.54. The molecule has 3 nitrogen and oxygen atoms in total. The van der Waals surface area contributed by atoms with E-state index in [0.717, 1.165) is 6.42 Å². The van der Waals surface area contributed by atoms with Gasteiger partial charge in [0.2, 0.25) is 5.91 Å². The Balaban J connectivity index is 2.42. The molecule has 17 heavy (non-hydrogen) atoms. The summed E-state index contributed by atoms with van der Waals surface area (Å²) in [6.07, 6.45) is 0.919. The molecule has 0 fully saturated rings. The van der Waals surface area contributed by atoms with Crippen LogP contribution in [-0.2, 0) is 11.3 Å². The van der Waals surface area contributed by atoms with Gasteiger partial charge in [-0.3, -0.25) is 9.69 Å². The third-order valence-electron chi connectivity index (χ3n) is 2.38. The molecule has 0 radical (unpaired) electrons. The molecular weight excluding hydrogens is 219 g/mol. The smallest absolute Gasteiger partial charge is 0.234 e. The van der Waals surface area contributed by atoms with Gasteiger partial charge in [0.05, 0.1) is 6.54 Å². The molecule has 0 heterocycles. The molecule has 0 saturated carbocycles. The van der Waals surface area contributed by atoms with Crippen LogP contribution in [0.3, 0.4) is 0 Å². The van der Waals surface area contributed by atoms with Crippen LogP contribution in [0, 0.1) is 5.82 Å². The van der Waals surface area contributed by atoms with Crippen LogP contribution in [0.25, 0.3) is 0 Å². The van der Waals surface area contributed by atoms with Crippen molar-refractivity contribution in [3.05, 3.63) is 35.6 Å². The fraction of sp³-hybridized carbons (Fsp3) is 0.462. The first kappa shape index (κ1) is 13.6. The maximum absolute atomic E-state index is 13.4. The number of benzene rings is 1. The number of halogens is 1. The van der Waals surface area contributed by atoms with Gasteiger partial charge in [-0.25, -0.2) is 4.39 Å². The SMILES string of the molecule is CCCNC(=O)CN(C)Cc1ccccc1F. The highest BCUT2D eigenvalue weighted by atomic mass is 19.1. The Hall–Kier alpha value is -1.42. The fourth-order valence-corrected chi connectivity index (χ4v) is 1.54. The van der Waals surface area contributed by atoms with Crippen LogP contribution in [0.15, 0.2) is 24.3 Å². The molecule has 1 amide bonds. The molecule has 0 atom stereocenters. The number of hydrogen-bond donors (Lipinski definition) is 1. The number of nitrogens with one attached hydrogen (secondary N) is 1. The van der Waals surface area contributed by atoms with Crippen molar-refractivity contribution in [2.45, 2.75) is 19.9 Å². The maximum Gasteiger partial charge on any atom is 0.234 e. The molecule has 0 spiro atoms. The number of rotatable bonds is 6. The van der Waals surface area contributed by atoms with E-state index in [2.05, 4.69) is 5.32 Å². The van der Waals surface area contributed by atoms with Gasteiger partial charge >= 0.3 is 0 Å². The third-order valence-corrected chi connectivity index (χ3v) is 2.38. The average Bonchev–Trinajstić information content (AvgIpc) is 2.29. The van der Waals surface area contributed by atoms with Crippen LogP contribution >= 0.6 is 0 Å². The Morgan fingerprint density at radius 2 is 2.12 bits per heavy atom. The summed E-state index contributed by atoms with van der Waals surface area (Å²) >= 11 is 0. The van der Waals surface area contributed by atoms with Crippen molar-refractivity contribution in [1.82, 2.24) is 10.2 Å². The molecule has 1 aromatic rings. The van der Waals surface area contributed by atoms with Gasteiger partial charge in [-0.05, 0) is 19.5 Å². The number of carbonyl (C=O) groups is 1. The maximum atomic E-state index is 13.4. The van der Waals surface area contributed by atoms with E-state index >= 15 is 0 Å². The minimum absolute atomic E-state index is 0.0225.